The quantitative estimate of drug-likeness (QED) is 0.548. The van der Waals surface area contributed by atoms with Crippen molar-refractivity contribution < 1.29 is 23.9 Å². The van der Waals surface area contributed by atoms with Crippen molar-refractivity contribution in [1.82, 2.24) is 15.8 Å². The summed E-state index contributed by atoms with van der Waals surface area (Å²) in [5, 5.41) is 3.99. The third-order valence-electron chi connectivity index (χ3n) is 6.43. The van der Waals surface area contributed by atoms with Crippen molar-refractivity contribution in [3.8, 4) is 0 Å². The fraction of sp³-hybridized carbons (Fsp3) is 0.524. The molecule has 4 rings (SSSR count). The molecule has 1 aromatic rings. The Labute approximate surface area is 179 Å². The van der Waals surface area contributed by atoms with Crippen LogP contribution in [-0.2, 0) is 24.5 Å². The van der Waals surface area contributed by atoms with E-state index in [1.54, 1.807) is 24.3 Å². The zero-order valence-corrected chi connectivity index (χ0v) is 17.3. The van der Waals surface area contributed by atoms with Crippen molar-refractivity contribution in [1.29, 1.82) is 0 Å². The van der Waals surface area contributed by atoms with Crippen LogP contribution in [0.1, 0.15) is 56.9 Å². The van der Waals surface area contributed by atoms with E-state index >= 15 is 0 Å². The molecule has 160 valence electrons. The topological polar surface area (TPSA) is 105 Å². The van der Waals surface area contributed by atoms with E-state index in [4.69, 9.17) is 16.3 Å². The van der Waals surface area contributed by atoms with Crippen molar-refractivity contribution in [3.05, 3.63) is 34.9 Å². The highest BCUT2D eigenvalue weighted by Gasteiger charge is 2.52. The van der Waals surface area contributed by atoms with Crippen LogP contribution in [0.4, 0.5) is 4.79 Å². The normalized spacial score (nSPS) is 21.7. The van der Waals surface area contributed by atoms with Gasteiger partial charge in [-0.1, -0.05) is 49.4 Å². The molecule has 0 aromatic heterocycles. The van der Waals surface area contributed by atoms with E-state index in [-0.39, 0.29) is 0 Å². The van der Waals surface area contributed by atoms with E-state index in [2.05, 4.69) is 10.7 Å². The first-order valence-electron chi connectivity index (χ1n) is 10.3. The second kappa shape index (κ2) is 7.91. The minimum absolute atomic E-state index is 0.455. The number of hydrogen-bond donors (Lipinski definition) is 2. The molecule has 0 atom stereocenters. The minimum atomic E-state index is -0.927. The maximum absolute atomic E-state index is 12.8. The van der Waals surface area contributed by atoms with E-state index in [0.717, 1.165) is 31.2 Å². The third kappa shape index (κ3) is 3.53. The van der Waals surface area contributed by atoms with Gasteiger partial charge in [0.15, 0.2) is 6.61 Å². The molecule has 2 N–H and O–H groups in total. The number of hydrogen-bond acceptors (Lipinski definition) is 5. The third-order valence-corrected chi connectivity index (χ3v) is 6.69. The Kier molecular flexibility index (Phi) is 5.44. The summed E-state index contributed by atoms with van der Waals surface area (Å²) in [6.07, 6.45) is 5.97. The molecule has 8 nitrogen and oxygen atoms in total. The second-order valence-electron chi connectivity index (χ2n) is 8.27. The standard InChI is InChI=1S/C21H24ClN3O5/c22-15-7-5-14(6-8-15)20(9-4-10-20)18(28)30-13-16(26)24-25-17(27)21(23-19(25)29)11-2-1-3-12-21/h5-8H,1-4,9-13H2,(H,23,29)(H,24,26). The first kappa shape index (κ1) is 20.7. The van der Waals surface area contributed by atoms with E-state index in [9.17, 15) is 19.2 Å². The van der Waals surface area contributed by atoms with Crippen molar-refractivity contribution in [2.45, 2.75) is 62.3 Å². The Morgan fingerprint density at radius 2 is 1.70 bits per heavy atom. The molecule has 2 aliphatic carbocycles. The molecule has 1 aliphatic heterocycles. The number of nitrogens with zero attached hydrogens (tertiary/aromatic N) is 1. The van der Waals surface area contributed by atoms with Gasteiger partial charge < -0.3 is 10.1 Å². The fourth-order valence-electron chi connectivity index (χ4n) is 4.55. The van der Waals surface area contributed by atoms with E-state index < -0.39 is 41.4 Å². The lowest BCUT2D eigenvalue weighted by Crippen LogP contribution is -2.52. The molecule has 0 bridgehead atoms. The number of carbonyl (C=O) groups excluding carboxylic acids is 4. The summed E-state index contributed by atoms with van der Waals surface area (Å²) in [6, 6.07) is 6.36. The molecule has 1 spiro atoms. The Bertz CT molecular complexity index is 875. The summed E-state index contributed by atoms with van der Waals surface area (Å²) in [7, 11) is 0. The number of nitrogens with one attached hydrogen (secondary N) is 2. The highest BCUT2D eigenvalue weighted by Crippen LogP contribution is 2.45. The van der Waals surface area contributed by atoms with Gasteiger partial charge >= 0.3 is 12.0 Å². The SMILES string of the molecule is O=C(COC(=O)C1(c2ccc(Cl)cc2)CCC1)NN1C(=O)NC2(CCCCC2)C1=O. The average Bonchev–Trinajstić information content (AvgIpc) is 2.91. The molecule has 1 saturated heterocycles. The number of urea groups is 1. The number of amides is 4. The van der Waals surface area contributed by atoms with Gasteiger partial charge in [0.05, 0.1) is 5.41 Å². The Balaban J connectivity index is 1.35. The molecule has 4 amide bonds. The molecule has 30 heavy (non-hydrogen) atoms. The molecule has 2 saturated carbocycles. The molecular formula is C21H24ClN3O5. The van der Waals surface area contributed by atoms with Gasteiger partial charge in [0.2, 0.25) is 0 Å². The number of esters is 1. The first-order valence-corrected chi connectivity index (χ1v) is 10.6. The lowest BCUT2D eigenvalue weighted by Gasteiger charge is -2.39. The molecular weight excluding hydrogens is 410 g/mol. The van der Waals surface area contributed by atoms with Gasteiger partial charge in [-0.15, -0.1) is 0 Å². The highest BCUT2D eigenvalue weighted by molar-refractivity contribution is 6.30. The van der Waals surface area contributed by atoms with Crippen molar-refractivity contribution in [2.75, 3.05) is 6.61 Å². The number of carbonyl (C=O) groups is 4. The number of benzene rings is 1. The monoisotopic (exact) mass is 433 g/mol. The van der Waals surface area contributed by atoms with E-state index in [1.807, 2.05) is 0 Å². The van der Waals surface area contributed by atoms with Crippen LogP contribution in [0.15, 0.2) is 24.3 Å². The summed E-state index contributed by atoms with van der Waals surface area (Å²) in [4.78, 5) is 50.0. The zero-order chi connectivity index (χ0) is 21.4. The average molecular weight is 434 g/mol. The van der Waals surface area contributed by atoms with Gasteiger partial charge in [0.25, 0.3) is 11.8 Å². The van der Waals surface area contributed by atoms with Crippen molar-refractivity contribution in [2.24, 2.45) is 0 Å². The van der Waals surface area contributed by atoms with Crippen LogP contribution >= 0.6 is 11.6 Å². The Morgan fingerprint density at radius 1 is 1.03 bits per heavy atom. The van der Waals surface area contributed by atoms with E-state index in [1.165, 1.54) is 0 Å². The van der Waals surface area contributed by atoms with Crippen LogP contribution in [-0.4, -0.2) is 41.0 Å². The molecule has 3 aliphatic rings. The summed E-state index contributed by atoms with van der Waals surface area (Å²) < 4.78 is 5.26. The minimum Gasteiger partial charge on any atom is -0.455 e. The Hall–Kier alpha value is -2.61. The molecule has 3 fully saturated rings. The molecule has 0 unspecified atom stereocenters. The van der Waals surface area contributed by atoms with Gasteiger partial charge in [-0.25, -0.2) is 4.79 Å². The van der Waals surface area contributed by atoms with E-state index in [0.29, 0.717) is 35.7 Å². The maximum Gasteiger partial charge on any atom is 0.344 e. The number of halogens is 1. The maximum atomic E-state index is 12.8. The number of ether oxygens (including phenoxy) is 1. The summed E-state index contributed by atoms with van der Waals surface area (Å²) in [5.74, 6) is -1.68. The summed E-state index contributed by atoms with van der Waals surface area (Å²) >= 11 is 5.93. The first-order chi connectivity index (χ1) is 14.4. The molecule has 1 heterocycles. The van der Waals surface area contributed by atoms with Gasteiger partial charge in [0, 0.05) is 5.02 Å². The van der Waals surface area contributed by atoms with Crippen LogP contribution in [0.3, 0.4) is 0 Å². The lowest BCUT2D eigenvalue weighted by atomic mass is 9.64. The van der Waals surface area contributed by atoms with Gasteiger partial charge in [-0.2, -0.15) is 5.01 Å². The number of hydrazine groups is 1. The highest BCUT2D eigenvalue weighted by atomic mass is 35.5. The largest absolute Gasteiger partial charge is 0.455 e. The van der Waals surface area contributed by atoms with Gasteiger partial charge in [-0.05, 0) is 43.4 Å². The molecule has 9 heteroatoms. The van der Waals surface area contributed by atoms with Crippen molar-refractivity contribution in [3.63, 3.8) is 0 Å². The van der Waals surface area contributed by atoms with Crippen LogP contribution in [0.25, 0.3) is 0 Å². The smallest absolute Gasteiger partial charge is 0.344 e. The predicted molar refractivity (Wildman–Crippen MR) is 107 cm³/mol. The number of imide groups is 1. The van der Waals surface area contributed by atoms with Crippen LogP contribution < -0.4 is 10.7 Å². The second-order valence-corrected chi connectivity index (χ2v) is 8.70. The van der Waals surface area contributed by atoms with Crippen LogP contribution in [0.5, 0.6) is 0 Å². The van der Waals surface area contributed by atoms with Gasteiger partial charge in [0.1, 0.15) is 5.54 Å². The van der Waals surface area contributed by atoms with Crippen molar-refractivity contribution >= 4 is 35.4 Å². The lowest BCUT2D eigenvalue weighted by molar-refractivity contribution is -0.158. The number of rotatable bonds is 5. The predicted octanol–water partition coefficient (Wildman–Crippen LogP) is 2.59. The summed E-state index contributed by atoms with van der Waals surface area (Å²) in [5.41, 5.74) is 1.37. The molecule has 0 radical (unpaired) electrons. The van der Waals surface area contributed by atoms with Gasteiger partial charge in [-0.3, -0.25) is 19.8 Å². The Morgan fingerprint density at radius 3 is 2.30 bits per heavy atom. The van der Waals surface area contributed by atoms with Crippen LogP contribution in [0, 0.1) is 0 Å². The zero-order valence-electron chi connectivity index (χ0n) is 16.5. The fourth-order valence-corrected chi connectivity index (χ4v) is 4.68. The van der Waals surface area contributed by atoms with Crippen LogP contribution in [0.2, 0.25) is 5.02 Å². The summed E-state index contributed by atoms with van der Waals surface area (Å²) in [6.45, 7) is -0.571. The molecule has 1 aromatic carbocycles.